The van der Waals surface area contributed by atoms with E-state index < -0.39 is 5.63 Å². The first-order valence-corrected chi connectivity index (χ1v) is 11.9. The van der Waals surface area contributed by atoms with Crippen LogP contribution in [0.2, 0.25) is 0 Å². The van der Waals surface area contributed by atoms with Crippen LogP contribution in [0.1, 0.15) is 22.3 Å². The molecule has 1 amide bonds. The van der Waals surface area contributed by atoms with Crippen LogP contribution >= 0.6 is 0 Å². The molecule has 0 radical (unpaired) electrons. The Hall–Kier alpha value is -4.59. The van der Waals surface area contributed by atoms with E-state index in [0.717, 1.165) is 39.1 Å². The molecular weight excluding hydrogens is 472 g/mol. The minimum atomic E-state index is -0.421. The molecule has 0 saturated carbocycles. The first-order valence-electron chi connectivity index (χ1n) is 11.9. The van der Waals surface area contributed by atoms with Gasteiger partial charge in [-0.1, -0.05) is 24.3 Å². The Morgan fingerprint density at radius 2 is 1.84 bits per heavy atom. The fourth-order valence-corrected chi connectivity index (χ4v) is 4.49. The van der Waals surface area contributed by atoms with Gasteiger partial charge in [0.05, 0.1) is 26.5 Å². The van der Waals surface area contributed by atoms with Crippen molar-refractivity contribution >= 4 is 34.2 Å². The second-order valence-corrected chi connectivity index (χ2v) is 8.97. The number of aryl methyl sites for hydroxylation is 1. The van der Waals surface area contributed by atoms with Crippen molar-refractivity contribution in [1.82, 2.24) is 0 Å². The van der Waals surface area contributed by atoms with Gasteiger partial charge in [-0.3, -0.25) is 9.59 Å². The highest BCUT2D eigenvalue weighted by Gasteiger charge is 2.21. The summed E-state index contributed by atoms with van der Waals surface area (Å²) in [7, 11) is 1.38. The van der Waals surface area contributed by atoms with Crippen molar-refractivity contribution in [3.05, 3.63) is 99.4 Å². The van der Waals surface area contributed by atoms with Gasteiger partial charge in [0, 0.05) is 34.5 Å². The molecule has 3 aromatic carbocycles. The van der Waals surface area contributed by atoms with Crippen molar-refractivity contribution in [3.63, 3.8) is 0 Å². The van der Waals surface area contributed by atoms with Crippen LogP contribution in [0.5, 0.6) is 5.75 Å². The smallest absolute Gasteiger partial charge is 0.336 e. The molecule has 0 fully saturated rings. The molecule has 1 aliphatic heterocycles. The molecule has 8 nitrogen and oxygen atoms in total. The summed E-state index contributed by atoms with van der Waals surface area (Å²) in [5.41, 5.74) is 5.05. The first-order chi connectivity index (χ1) is 17.9. The number of hydrogen-bond donors (Lipinski definition) is 1. The van der Waals surface area contributed by atoms with Gasteiger partial charge in [0.1, 0.15) is 11.3 Å². The molecule has 37 heavy (non-hydrogen) atoms. The second-order valence-electron chi connectivity index (χ2n) is 8.97. The maximum Gasteiger partial charge on any atom is 0.336 e. The van der Waals surface area contributed by atoms with E-state index in [1.165, 1.54) is 13.2 Å². The van der Waals surface area contributed by atoms with Crippen LogP contribution in [0, 0.1) is 6.92 Å². The molecule has 0 spiro atoms. The molecule has 188 valence electrons. The first kappa shape index (κ1) is 24.1. The number of anilines is 2. The zero-order chi connectivity index (χ0) is 25.9. The lowest BCUT2D eigenvalue weighted by Gasteiger charge is -2.32. The Labute approximate surface area is 213 Å². The van der Waals surface area contributed by atoms with E-state index in [9.17, 15) is 14.4 Å². The van der Waals surface area contributed by atoms with Crippen molar-refractivity contribution in [2.45, 2.75) is 26.3 Å². The molecule has 8 heteroatoms. The monoisotopic (exact) mass is 498 g/mol. The molecule has 0 saturated heterocycles. The summed E-state index contributed by atoms with van der Waals surface area (Å²) < 4.78 is 16.0. The molecule has 4 aromatic rings. The number of methoxy groups -OCH3 is 1. The molecule has 5 rings (SSSR count). The number of nitrogens with zero attached hydrogens (tertiary/aromatic N) is 1. The highest BCUT2D eigenvalue weighted by Crippen LogP contribution is 2.31. The maximum atomic E-state index is 12.7. The Morgan fingerprint density at radius 1 is 1.03 bits per heavy atom. The lowest BCUT2D eigenvalue weighted by atomic mass is 10.0. The second kappa shape index (κ2) is 10.2. The number of hydrogen-bond acceptors (Lipinski definition) is 7. The summed E-state index contributed by atoms with van der Waals surface area (Å²) in [4.78, 5) is 38.2. The van der Waals surface area contributed by atoms with Crippen LogP contribution in [0.15, 0.2) is 75.9 Å². The minimum absolute atomic E-state index is 0.176. The molecule has 1 N–H and O–H groups in total. The third-order valence-corrected chi connectivity index (χ3v) is 6.42. The number of carbonyl (C=O) groups is 2. The third-order valence-electron chi connectivity index (χ3n) is 6.42. The van der Waals surface area contributed by atoms with Gasteiger partial charge in [-0.25, -0.2) is 4.79 Å². The maximum absolute atomic E-state index is 12.7. The van der Waals surface area contributed by atoms with Crippen LogP contribution in [0.4, 0.5) is 11.4 Å². The van der Waals surface area contributed by atoms with Crippen LogP contribution in [-0.2, 0) is 33.7 Å². The number of benzene rings is 3. The summed E-state index contributed by atoms with van der Waals surface area (Å²) in [6.07, 6.45) is 0.382. The molecule has 0 aliphatic carbocycles. The molecule has 1 aliphatic rings. The molecule has 2 heterocycles. The number of amides is 1. The van der Waals surface area contributed by atoms with E-state index >= 15 is 0 Å². The standard InChI is InChI=1S/C29H26N2O6/c1-18-12-29(34)37-26-15-21(8-11-23(18)26)30-27(32)13-19-6-9-22(10-7-19)31-16-24-20(14-28(33)35-2)4-3-5-25(24)36-17-31/h3-12,15H,13-14,16-17H2,1-2H3,(H,30,32). The van der Waals surface area contributed by atoms with Crippen molar-refractivity contribution < 1.29 is 23.5 Å². The van der Waals surface area contributed by atoms with Gasteiger partial charge < -0.3 is 24.1 Å². The predicted molar refractivity (Wildman–Crippen MR) is 140 cm³/mol. The van der Waals surface area contributed by atoms with Crippen LogP contribution in [0.3, 0.4) is 0 Å². The highest BCUT2D eigenvalue weighted by atomic mass is 16.5. The number of fused-ring (bicyclic) bond motifs is 2. The minimum Gasteiger partial charge on any atom is -0.473 e. The van der Waals surface area contributed by atoms with Crippen molar-refractivity contribution in [1.29, 1.82) is 0 Å². The molecular formula is C29H26N2O6. The van der Waals surface area contributed by atoms with Crippen molar-refractivity contribution in [2.75, 3.05) is 24.1 Å². The van der Waals surface area contributed by atoms with E-state index in [1.54, 1.807) is 12.1 Å². The number of rotatable bonds is 6. The molecule has 0 unspecified atom stereocenters. The van der Waals surface area contributed by atoms with Gasteiger partial charge in [0.15, 0.2) is 6.73 Å². The zero-order valence-corrected chi connectivity index (χ0v) is 20.6. The Morgan fingerprint density at radius 3 is 2.62 bits per heavy atom. The third kappa shape index (κ3) is 5.33. The van der Waals surface area contributed by atoms with E-state index in [0.29, 0.717) is 24.5 Å². The van der Waals surface area contributed by atoms with Crippen molar-refractivity contribution in [3.8, 4) is 5.75 Å². The number of nitrogens with one attached hydrogen (secondary N) is 1. The summed E-state index contributed by atoms with van der Waals surface area (Å²) >= 11 is 0. The fourth-order valence-electron chi connectivity index (χ4n) is 4.49. The molecule has 0 bridgehead atoms. The Balaban J connectivity index is 1.25. The lowest BCUT2D eigenvalue weighted by Crippen LogP contribution is -2.32. The van der Waals surface area contributed by atoms with Crippen LogP contribution in [0.25, 0.3) is 11.0 Å². The van der Waals surface area contributed by atoms with Crippen molar-refractivity contribution in [2.24, 2.45) is 0 Å². The lowest BCUT2D eigenvalue weighted by molar-refractivity contribution is -0.139. The quantitative estimate of drug-likeness (QED) is 0.312. The van der Waals surface area contributed by atoms with Gasteiger partial charge in [-0.2, -0.15) is 0 Å². The van der Waals surface area contributed by atoms with Crippen LogP contribution in [-0.4, -0.2) is 25.7 Å². The summed E-state index contributed by atoms with van der Waals surface area (Å²) in [5.74, 6) is 0.301. The van der Waals surface area contributed by atoms with E-state index in [2.05, 4.69) is 10.2 Å². The highest BCUT2D eigenvalue weighted by molar-refractivity contribution is 5.94. The number of ether oxygens (including phenoxy) is 2. The van der Waals surface area contributed by atoms with E-state index in [4.69, 9.17) is 13.9 Å². The largest absolute Gasteiger partial charge is 0.473 e. The van der Waals surface area contributed by atoms with Gasteiger partial charge in [-0.15, -0.1) is 0 Å². The molecule has 1 aromatic heterocycles. The Kier molecular flexibility index (Phi) is 6.64. The van der Waals surface area contributed by atoms with Gasteiger partial charge >= 0.3 is 11.6 Å². The van der Waals surface area contributed by atoms with Gasteiger partial charge in [0.2, 0.25) is 5.91 Å². The number of esters is 1. The van der Waals surface area contributed by atoms with Gasteiger partial charge in [0.25, 0.3) is 0 Å². The Bertz CT molecular complexity index is 1540. The van der Waals surface area contributed by atoms with E-state index in [1.807, 2.05) is 55.5 Å². The van der Waals surface area contributed by atoms with Gasteiger partial charge in [-0.05, 0) is 53.9 Å². The van der Waals surface area contributed by atoms with Crippen LogP contribution < -0.4 is 20.6 Å². The SMILES string of the molecule is COC(=O)Cc1cccc2c1CN(c1ccc(CC(=O)Nc3ccc4c(C)cc(=O)oc4c3)cc1)CO2. The summed E-state index contributed by atoms with van der Waals surface area (Å²) in [6.45, 7) is 2.82. The zero-order valence-electron chi connectivity index (χ0n) is 20.6. The fraction of sp³-hybridized carbons (Fsp3) is 0.207. The topological polar surface area (TPSA) is 98.1 Å². The number of carbonyl (C=O) groups excluding carboxylic acids is 2. The summed E-state index contributed by atoms with van der Waals surface area (Å²) in [5, 5.41) is 3.70. The molecule has 0 atom stereocenters. The predicted octanol–water partition coefficient (Wildman–Crippen LogP) is 4.35. The summed E-state index contributed by atoms with van der Waals surface area (Å²) in [6, 6.07) is 20.1. The normalized spacial score (nSPS) is 12.5. The average molecular weight is 499 g/mol. The van der Waals surface area contributed by atoms with E-state index in [-0.39, 0.29) is 24.7 Å². The average Bonchev–Trinajstić information content (AvgIpc) is 2.88.